The number of piperidine rings is 1. The van der Waals surface area contributed by atoms with Gasteiger partial charge < -0.3 is 14.4 Å². The van der Waals surface area contributed by atoms with E-state index in [0.717, 1.165) is 63.8 Å². The quantitative estimate of drug-likeness (QED) is 0.794. The van der Waals surface area contributed by atoms with Gasteiger partial charge in [-0.3, -0.25) is 4.79 Å². The molecule has 0 aromatic carbocycles. The second kappa shape index (κ2) is 5.86. The van der Waals surface area contributed by atoms with E-state index in [1.54, 1.807) is 7.11 Å². The maximum Gasteiger partial charge on any atom is 0.249 e. The minimum absolute atomic E-state index is 0.0140. The normalized spacial score (nSPS) is 33.8. The van der Waals surface area contributed by atoms with E-state index in [4.69, 9.17) is 9.47 Å². The zero-order valence-corrected chi connectivity index (χ0v) is 12.4. The van der Waals surface area contributed by atoms with Crippen LogP contribution in [0.1, 0.15) is 38.5 Å². The summed E-state index contributed by atoms with van der Waals surface area (Å²) in [6.07, 6.45) is 8.65. The molecule has 2 heterocycles. The Morgan fingerprint density at radius 3 is 3.20 bits per heavy atom. The first kappa shape index (κ1) is 14.1. The summed E-state index contributed by atoms with van der Waals surface area (Å²) in [5, 5.41) is 0. The topological polar surface area (TPSA) is 38.8 Å². The van der Waals surface area contributed by atoms with Crippen molar-refractivity contribution in [2.75, 3.05) is 33.4 Å². The highest BCUT2D eigenvalue weighted by atomic mass is 16.5. The van der Waals surface area contributed by atoms with Crippen LogP contribution in [0.25, 0.3) is 0 Å². The monoisotopic (exact) mass is 279 g/mol. The summed E-state index contributed by atoms with van der Waals surface area (Å²) in [5.74, 6) is 0.252. The van der Waals surface area contributed by atoms with E-state index in [0.29, 0.717) is 6.61 Å². The smallest absolute Gasteiger partial charge is 0.249 e. The standard InChI is InChI=1S/C16H25NO3/c1-19-12-16-8-4-10-20-14(16)7-9-17(11-16)15(18)13-5-2-3-6-13/h5,14H,2-4,6-12H2,1H3/t14-,16+/m0/s1. The molecule has 0 N–H and O–H groups in total. The van der Waals surface area contributed by atoms with Gasteiger partial charge in [0, 0.05) is 37.8 Å². The summed E-state index contributed by atoms with van der Waals surface area (Å²) in [4.78, 5) is 14.6. The van der Waals surface area contributed by atoms with Crippen molar-refractivity contribution in [3.63, 3.8) is 0 Å². The van der Waals surface area contributed by atoms with Crippen molar-refractivity contribution in [2.24, 2.45) is 5.41 Å². The molecule has 0 spiro atoms. The third-order valence-corrected chi connectivity index (χ3v) is 5.02. The molecule has 0 aromatic rings. The molecule has 1 amide bonds. The fourth-order valence-electron chi connectivity index (χ4n) is 4.03. The van der Waals surface area contributed by atoms with Crippen molar-refractivity contribution in [3.05, 3.63) is 11.6 Å². The lowest BCUT2D eigenvalue weighted by molar-refractivity contribution is -0.159. The van der Waals surface area contributed by atoms with E-state index >= 15 is 0 Å². The second-order valence-corrected chi connectivity index (χ2v) is 6.40. The van der Waals surface area contributed by atoms with Gasteiger partial charge in [0.1, 0.15) is 0 Å². The van der Waals surface area contributed by atoms with Crippen LogP contribution in [0.4, 0.5) is 0 Å². The zero-order valence-electron chi connectivity index (χ0n) is 12.4. The number of carbonyl (C=O) groups excluding carboxylic acids is 1. The minimum atomic E-state index is 0.0140. The molecular formula is C16H25NO3. The Morgan fingerprint density at radius 1 is 1.55 bits per heavy atom. The summed E-state index contributed by atoms with van der Waals surface area (Å²) in [7, 11) is 1.75. The Labute approximate surface area is 121 Å². The minimum Gasteiger partial charge on any atom is -0.384 e. The Bertz CT molecular complexity index is 403. The molecule has 4 nitrogen and oxygen atoms in total. The number of ether oxygens (including phenoxy) is 2. The molecule has 4 heteroatoms. The highest BCUT2D eigenvalue weighted by molar-refractivity contribution is 5.93. The van der Waals surface area contributed by atoms with Crippen LogP contribution in [0.5, 0.6) is 0 Å². The fourth-order valence-corrected chi connectivity index (χ4v) is 4.03. The third-order valence-electron chi connectivity index (χ3n) is 5.02. The lowest BCUT2D eigenvalue weighted by Crippen LogP contribution is -2.58. The Balaban J connectivity index is 1.74. The maximum atomic E-state index is 12.6. The van der Waals surface area contributed by atoms with E-state index in [-0.39, 0.29) is 17.4 Å². The van der Waals surface area contributed by atoms with Crippen LogP contribution in [0.2, 0.25) is 0 Å². The average Bonchev–Trinajstić information content (AvgIpc) is 3.00. The van der Waals surface area contributed by atoms with Gasteiger partial charge in [-0.05, 0) is 38.5 Å². The Kier molecular flexibility index (Phi) is 4.13. The van der Waals surface area contributed by atoms with Crippen LogP contribution in [-0.2, 0) is 14.3 Å². The van der Waals surface area contributed by atoms with Gasteiger partial charge in [0.2, 0.25) is 5.91 Å². The van der Waals surface area contributed by atoms with Gasteiger partial charge >= 0.3 is 0 Å². The summed E-state index contributed by atoms with van der Waals surface area (Å²) >= 11 is 0. The number of fused-ring (bicyclic) bond motifs is 1. The molecule has 112 valence electrons. The SMILES string of the molecule is COC[C@]12CCCO[C@H]1CCN(C(=O)C1=CCCC1)C2. The van der Waals surface area contributed by atoms with Crippen molar-refractivity contribution in [1.82, 2.24) is 4.90 Å². The average molecular weight is 279 g/mol. The van der Waals surface area contributed by atoms with Crippen LogP contribution >= 0.6 is 0 Å². The molecule has 0 bridgehead atoms. The van der Waals surface area contributed by atoms with Crippen LogP contribution in [0.15, 0.2) is 11.6 Å². The van der Waals surface area contributed by atoms with E-state index < -0.39 is 0 Å². The molecule has 0 saturated carbocycles. The molecule has 0 radical (unpaired) electrons. The molecule has 2 saturated heterocycles. The third kappa shape index (κ3) is 2.51. The molecule has 20 heavy (non-hydrogen) atoms. The molecule has 2 atom stereocenters. The maximum absolute atomic E-state index is 12.6. The Morgan fingerprint density at radius 2 is 2.45 bits per heavy atom. The number of hydrogen-bond donors (Lipinski definition) is 0. The molecule has 2 fully saturated rings. The predicted molar refractivity (Wildman–Crippen MR) is 76.4 cm³/mol. The van der Waals surface area contributed by atoms with Crippen molar-refractivity contribution in [3.8, 4) is 0 Å². The number of nitrogens with zero attached hydrogens (tertiary/aromatic N) is 1. The lowest BCUT2D eigenvalue weighted by atomic mass is 9.73. The van der Waals surface area contributed by atoms with Gasteiger partial charge in [0.25, 0.3) is 0 Å². The summed E-state index contributed by atoms with van der Waals surface area (Å²) in [6, 6.07) is 0. The van der Waals surface area contributed by atoms with Crippen molar-refractivity contribution < 1.29 is 14.3 Å². The number of methoxy groups -OCH3 is 1. The van der Waals surface area contributed by atoms with Crippen molar-refractivity contribution >= 4 is 5.91 Å². The van der Waals surface area contributed by atoms with Gasteiger partial charge in [-0.15, -0.1) is 0 Å². The first-order valence-electron chi connectivity index (χ1n) is 7.84. The fraction of sp³-hybridized carbons (Fsp3) is 0.812. The largest absolute Gasteiger partial charge is 0.384 e. The number of carbonyl (C=O) groups is 1. The second-order valence-electron chi connectivity index (χ2n) is 6.40. The number of amides is 1. The van der Waals surface area contributed by atoms with Crippen LogP contribution in [0.3, 0.4) is 0 Å². The summed E-state index contributed by atoms with van der Waals surface area (Å²) in [5.41, 5.74) is 1.04. The van der Waals surface area contributed by atoms with E-state index in [1.807, 2.05) is 4.90 Å². The van der Waals surface area contributed by atoms with Crippen molar-refractivity contribution in [1.29, 1.82) is 0 Å². The number of allylic oxidation sites excluding steroid dienone is 1. The van der Waals surface area contributed by atoms with Crippen LogP contribution < -0.4 is 0 Å². The molecule has 3 aliphatic rings. The summed E-state index contributed by atoms with van der Waals surface area (Å²) < 4.78 is 11.4. The summed E-state index contributed by atoms with van der Waals surface area (Å²) in [6.45, 7) is 3.17. The molecule has 2 aliphatic heterocycles. The molecular weight excluding hydrogens is 254 g/mol. The van der Waals surface area contributed by atoms with Crippen LogP contribution in [-0.4, -0.2) is 50.3 Å². The zero-order chi connectivity index (χ0) is 14.0. The predicted octanol–water partition coefficient (Wildman–Crippen LogP) is 2.14. The van der Waals surface area contributed by atoms with Gasteiger partial charge in [-0.1, -0.05) is 6.08 Å². The van der Waals surface area contributed by atoms with E-state index in [2.05, 4.69) is 6.08 Å². The number of hydrogen-bond acceptors (Lipinski definition) is 3. The van der Waals surface area contributed by atoms with Gasteiger partial charge in [-0.25, -0.2) is 0 Å². The highest BCUT2D eigenvalue weighted by Crippen LogP contribution is 2.41. The first-order chi connectivity index (χ1) is 9.75. The van der Waals surface area contributed by atoms with Crippen LogP contribution in [0, 0.1) is 5.41 Å². The van der Waals surface area contributed by atoms with Gasteiger partial charge in [-0.2, -0.15) is 0 Å². The lowest BCUT2D eigenvalue weighted by Gasteiger charge is -2.50. The molecule has 3 rings (SSSR count). The first-order valence-corrected chi connectivity index (χ1v) is 7.84. The molecule has 0 aromatic heterocycles. The molecule has 0 unspecified atom stereocenters. The number of rotatable bonds is 3. The van der Waals surface area contributed by atoms with E-state index in [1.165, 1.54) is 0 Å². The van der Waals surface area contributed by atoms with Gasteiger partial charge in [0.05, 0.1) is 12.7 Å². The Hall–Kier alpha value is -0.870. The molecule has 1 aliphatic carbocycles. The van der Waals surface area contributed by atoms with Crippen molar-refractivity contribution in [2.45, 2.75) is 44.6 Å². The van der Waals surface area contributed by atoms with E-state index in [9.17, 15) is 4.79 Å². The number of likely N-dealkylation sites (tertiary alicyclic amines) is 1. The highest BCUT2D eigenvalue weighted by Gasteiger charge is 2.47. The van der Waals surface area contributed by atoms with Gasteiger partial charge in [0.15, 0.2) is 0 Å².